The number of amides is 2. The van der Waals surface area contributed by atoms with E-state index in [0.29, 0.717) is 31.1 Å². The Labute approximate surface area is 233 Å². The molecule has 0 N–H and O–H groups in total. The Bertz CT molecular complexity index is 1400. The van der Waals surface area contributed by atoms with Crippen LogP contribution in [0, 0.1) is 5.82 Å². The van der Waals surface area contributed by atoms with E-state index in [-0.39, 0.29) is 37.3 Å². The molecular formula is C32H34FN3O4. The molecule has 8 heteroatoms. The third kappa shape index (κ3) is 7.14. The molecule has 0 atom stereocenters. The number of furan rings is 1. The van der Waals surface area contributed by atoms with Crippen LogP contribution >= 0.6 is 0 Å². The fourth-order valence-corrected chi connectivity index (χ4v) is 5.04. The number of rotatable bonds is 11. The summed E-state index contributed by atoms with van der Waals surface area (Å²) >= 11 is 0. The van der Waals surface area contributed by atoms with Gasteiger partial charge in [0, 0.05) is 38.3 Å². The van der Waals surface area contributed by atoms with E-state index >= 15 is 0 Å². The lowest BCUT2D eigenvalue weighted by Crippen LogP contribution is -2.44. The van der Waals surface area contributed by atoms with Gasteiger partial charge in [-0.05, 0) is 53.1 Å². The molecule has 208 valence electrons. The first-order valence-electron chi connectivity index (χ1n) is 13.7. The zero-order chi connectivity index (χ0) is 27.7. The number of nitrogens with zero attached hydrogens (tertiary/aromatic N) is 3. The van der Waals surface area contributed by atoms with Crippen LogP contribution in [0.4, 0.5) is 4.39 Å². The molecule has 0 unspecified atom stereocenters. The van der Waals surface area contributed by atoms with Crippen molar-refractivity contribution in [1.29, 1.82) is 0 Å². The zero-order valence-electron chi connectivity index (χ0n) is 22.5. The minimum absolute atomic E-state index is 0.0763. The van der Waals surface area contributed by atoms with E-state index in [1.165, 1.54) is 12.1 Å². The van der Waals surface area contributed by atoms with Crippen LogP contribution in [0.3, 0.4) is 0 Å². The van der Waals surface area contributed by atoms with Crippen LogP contribution in [-0.4, -0.2) is 72.5 Å². The number of benzene rings is 3. The molecule has 0 saturated carbocycles. The van der Waals surface area contributed by atoms with E-state index in [4.69, 9.17) is 9.15 Å². The topological polar surface area (TPSA) is 66.2 Å². The third-order valence-electron chi connectivity index (χ3n) is 7.21. The Hall–Kier alpha value is -4.01. The zero-order valence-corrected chi connectivity index (χ0v) is 22.5. The van der Waals surface area contributed by atoms with Crippen molar-refractivity contribution in [3.05, 3.63) is 108 Å². The molecule has 7 nitrogen and oxygen atoms in total. The smallest absolute Gasteiger partial charge is 0.254 e. The minimum atomic E-state index is -0.334. The molecule has 0 radical (unpaired) electrons. The lowest BCUT2D eigenvalue weighted by atomic mass is 10.0. The van der Waals surface area contributed by atoms with Gasteiger partial charge in [-0.1, -0.05) is 48.5 Å². The maximum atomic E-state index is 14.0. The first kappa shape index (κ1) is 27.6. The molecule has 2 heterocycles. The van der Waals surface area contributed by atoms with Gasteiger partial charge in [0.2, 0.25) is 5.91 Å². The van der Waals surface area contributed by atoms with Gasteiger partial charge >= 0.3 is 0 Å². The maximum absolute atomic E-state index is 14.0. The summed E-state index contributed by atoms with van der Waals surface area (Å²) < 4.78 is 24.5. The molecule has 0 bridgehead atoms. The number of halogens is 1. The Morgan fingerprint density at radius 1 is 0.850 bits per heavy atom. The van der Waals surface area contributed by atoms with Crippen LogP contribution in [-0.2, 0) is 22.6 Å². The van der Waals surface area contributed by atoms with E-state index in [0.717, 1.165) is 42.4 Å². The van der Waals surface area contributed by atoms with E-state index in [9.17, 15) is 14.0 Å². The van der Waals surface area contributed by atoms with Gasteiger partial charge in [0.05, 0.1) is 26.0 Å². The van der Waals surface area contributed by atoms with Gasteiger partial charge in [-0.3, -0.25) is 14.5 Å². The summed E-state index contributed by atoms with van der Waals surface area (Å²) in [7, 11) is 0. The number of morpholine rings is 1. The summed E-state index contributed by atoms with van der Waals surface area (Å²) in [5, 5.41) is 1.84. The molecule has 3 aromatic carbocycles. The quantitative estimate of drug-likeness (QED) is 0.267. The molecular weight excluding hydrogens is 509 g/mol. The predicted octanol–water partition coefficient (Wildman–Crippen LogP) is 4.97. The highest BCUT2D eigenvalue weighted by Crippen LogP contribution is 2.21. The van der Waals surface area contributed by atoms with Gasteiger partial charge < -0.3 is 19.0 Å². The Balaban J connectivity index is 1.37. The second-order valence-corrected chi connectivity index (χ2v) is 10.0. The first-order valence-corrected chi connectivity index (χ1v) is 13.7. The number of carbonyl (C=O) groups is 2. The molecule has 1 fully saturated rings. The van der Waals surface area contributed by atoms with Crippen molar-refractivity contribution in [2.75, 3.05) is 45.9 Å². The van der Waals surface area contributed by atoms with Crippen LogP contribution in [0.25, 0.3) is 10.8 Å². The van der Waals surface area contributed by atoms with Gasteiger partial charge in [-0.15, -0.1) is 0 Å². The predicted molar refractivity (Wildman–Crippen MR) is 151 cm³/mol. The van der Waals surface area contributed by atoms with Crippen molar-refractivity contribution in [2.24, 2.45) is 0 Å². The molecule has 1 aromatic heterocycles. The summed E-state index contributed by atoms with van der Waals surface area (Å²) in [5.41, 5.74) is 1.37. The van der Waals surface area contributed by atoms with Gasteiger partial charge in [0.15, 0.2) is 0 Å². The van der Waals surface area contributed by atoms with Crippen LogP contribution < -0.4 is 0 Å². The maximum Gasteiger partial charge on any atom is 0.254 e. The SMILES string of the molecule is O=C(CN(CCCN1CCOCC1)C(=O)c1cccc2ccccc12)N(Cc1ccc(F)cc1)Cc1ccco1. The summed E-state index contributed by atoms with van der Waals surface area (Å²) in [6.07, 6.45) is 2.30. The lowest BCUT2D eigenvalue weighted by molar-refractivity contribution is -0.133. The summed E-state index contributed by atoms with van der Waals surface area (Å²) in [6, 6.07) is 23.1. The Morgan fingerprint density at radius 2 is 1.62 bits per heavy atom. The van der Waals surface area contributed by atoms with Gasteiger partial charge in [-0.25, -0.2) is 4.39 Å². The molecule has 2 amide bonds. The number of carbonyl (C=O) groups excluding carboxylic acids is 2. The lowest BCUT2D eigenvalue weighted by Gasteiger charge is -2.30. The number of fused-ring (bicyclic) bond motifs is 1. The summed E-state index contributed by atoms with van der Waals surface area (Å²) in [4.78, 5) is 33.4. The number of hydrogen-bond donors (Lipinski definition) is 0. The van der Waals surface area contributed by atoms with Crippen molar-refractivity contribution in [2.45, 2.75) is 19.5 Å². The molecule has 1 aliphatic rings. The fourth-order valence-electron chi connectivity index (χ4n) is 5.04. The van der Waals surface area contributed by atoms with E-state index in [1.54, 1.807) is 34.3 Å². The van der Waals surface area contributed by atoms with Crippen LogP contribution in [0.5, 0.6) is 0 Å². The van der Waals surface area contributed by atoms with E-state index < -0.39 is 0 Å². The molecule has 0 aliphatic carbocycles. The largest absolute Gasteiger partial charge is 0.467 e. The first-order chi connectivity index (χ1) is 19.6. The van der Waals surface area contributed by atoms with Crippen LogP contribution in [0.1, 0.15) is 28.1 Å². The highest BCUT2D eigenvalue weighted by Gasteiger charge is 2.25. The van der Waals surface area contributed by atoms with E-state index in [2.05, 4.69) is 4.90 Å². The average molecular weight is 544 g/mol. The second-order valence-electron chi connectivity index (χ2n) is 10.0. The summed E-state index contributed by atoms with van der Waals surface area (Å²) in [6.45, 7) is 4.85. The van der Waals surface area contributed by atoms with Crippen molar-refractivity contribution in [1.82, 2.24) is 14.7 Å². The van der Waals surface area contributed by atoms with Gasteiger partial charge in [0.1, 0.15) is 18.1 Å². The van der Waals surface area contributed by atoms with Crippen LogP contribution in [0.2, 0.25) is 0 Å². The summed E-state index contributed by atoms with van der Waals surface area (Å²) in [5.74, 6) is -0.0814. The molecule has 1 saturated heterocycles. The van der Waals surface area contributed by atoms with Crippen LogP contribution in [0.15, 0.2) is 89.5 Å². The standard InChI is InChI=1S/C32H34FN3O4/c33-27-13-11-25(12-14-27)22-36(23-28-8-4-19-40-28)31(37)24-35(16-5-15-34-17-20-39-21-18-34)32(38)30-10-3-7-26-6-1-2-9-29(26)30/h1-4,6-14,19H,5,15-18,20-24H2. The van der Waals surface area contributed by atoms with E-state index in [1.807, 2.05) is 48.5 Å². The molecule has 1 aliphatic heterocycles. The van der Waals surface area contributed by atoms with Crippen molar-refractivity contribution >= 4 is 22.6 Å². The third-order valence-corrected chi connectivity index (χ3v) is 7.21. The Kier molecular flexibility index (Phi) is 9.21. The minimum Gasteiger partial charge on any atom is -0.467 e. The molecule has 5 rings (SSSR count). The average Bonchev–Trinajstić information content (AvgIpc) is 3.50. The molecule has 0 spiro atoms. The van der Waals surface area contributed by atoms with Gasteiger partial charge in [0.25, 0.3) is 5.91 Å². The highest BCUT2D eigenvalue weighted by molar-refractivity contribution is 6.07. The number of ether oxygens (including phenoxy) is 1. The van der Waals surface area contributed by atoms with Crippen molar-refractivity contribution in [3.63, 3.8) is 0 Å². The second kappa shape index (κ2) is 13.4. The fraction of sp³-hybridized carbons (Fsp3) is 0.312. The molecule has 40 heavy (non-hydrogen) atoms. The highest BCUT2D eigenvalue weighted by atomic mass is 19.1. The molecule has 4 aromatic rings. The number of hydrogen-bond acceptors (Lipinski definition) is 5. The Morgan fingerprint density at radius 3 is 2.40 bits per heavy atom. The van der Waals surface area contributed by atoms with Gasteiger partial charge in [-0.2, -0.15) is 0 Å². The van der Waals surface area contributed by atoms with Crippen molar-refractivity contribution < 1.29 is 23.1 Å². The normalized spacial score (nSPS) is 13.8. The monoisotopic (exact) mass is 543 g/mol. The van der Waals surface area contributed by atoms with Crippen molar-refractivity contribution in [3.8, 4) is 0 Å².